The number of likely N-dealkylation sites (tertiary alicyclic amines) is 1. The summed E-state index contributed by atoms with van der Waals surface area (Å²) in [7, 11) is 0. The number of rotatable bonds is 5. The van der Waals surface area contributed by atoms with Crippen molar-refractivity contribution in [2.45, 2.75) is 45.1 Å². The Morgan fingerprint density at radius 2 is 1.56 bits per heavy atom. The van der Waals surface area contributed by atoms with Crippen LogP contribution >= 0.6 is 0 Å². The van der Waals surface area contributed by atoms with E-state index in [0.717, 1.165) is 11.4 Å². The molecule has 6 nitrogen and oxygen atoms in total. The van der Waals surface area contributed by atoms with Gasteiger partial charge in [0.1, 0.15) is 5.75 Å². The van der Waals surface area contributed by atoms with Crippen LogP contribution in [0.15, 0.2) is 36.4 Å². The van der Waals surface area contributed by atoms with Gasteiger partial charge in [-0.15, -0.1) is 0 Å². The summed E-state index contributed by atoms with van der Waals surface area (Å²) in [6, 6.07) is 7.36. The Labute approximate surface area is 188 Å². The third-order valence-corrected chi connectivity index (χ3v) is 8.56. The number of benzene rings is 1. The maximum Gasteiger partial charge on any atom is 0.233 e. The van der Waals surface area contributed by atoms with Crippen LogP contribution in [0.3, 0.4) is 0 Å². The van der Waals surface area contributed by atoms with Crippen LogP contribution in [0.5, 0.6) is 5.75 Å². The highest BCUT2D eigenvalue weighted by molar-refractivity contribution is 6.06. The molecule has 7 rings (SSSR count). The van der Waals surface area contributed by atoms with E-state index in [4.69, 9.17) is 4.74 Å². The number of allylic oxidation sites excluding steroid dienone is 2. The van der Waals surface area contributed by atoms with Gasteiger partial charge in [0.2, 0.25) is 17.7 Å². The number of carbonyl (C=O) groups excluding carboxylic acids is 3. The lowest BCUT2D eigenvalue weighted by Crippen LogP contribution is -2.44. The zero-order valence-corrected chi connectivity index (χ0v) is 18.4. The molecule has 1 aromatic carbocycles. The molecule has 0 radical (unpaired) electrons. The first-order valence-corrected chi connectivity index (χ1v) is 12.2. The lowest BCUT2D eigenvalue weighted by Gasteiger charge is -2.37. The number of nitrogens with one attached hydrogen (secondary N) is 1. The fourth-order valence-electron chi connectivity index (χ4n) is 6.98. The minimum absolute atomic E-state index is 0.0164. The second kappa shape index (κ2) is 7.46. The summed E-state index contributed by atoms with van der Waals surface area (Å²) in [5.74, 6) is 2.40. The van der Waals surface area contributed by atoms with Crippen molar-refractivity contribution in [1.82, 2.24) is 4.90 Å². The molecule has 1 heterocycles. The second-order valence-corrected chi connectivity index (χ2v) is 10.2. The molecule has 1 N–H and O–H groups in total. The monoisotopic (exact) mass is 434 g/mol. The molecule has 6 atom stereocenters. The van der Waals surface area contributed by atoms with E-state index >= 15 is 0 Å². The van der Waals surface area contributed by atoms with E-state index in [9.17, 15) is 14.4 Å². The van der Waals surface area contributed by atoms with Gasteiger partial charge in [-0.05, 0) is 87.0 Å². The molecule has 3 amide bonds. The number of hydrogen-bond donors (Lipinski definition) is 1. The summed E-state index contributed by atoms with van der Waals surface area (Å²) in [5.41, 5.74) is 0.760. The highest BCUT2D eigenvalue weighted by Crippen LogP contribution is 2.65. The third kappa shape index (κ3) is 3.02. The van der Waals surface area contributed by atoms with Crippen molar-refractivity contribution in [1.29, 1.82) is 0 Å². The number of hydrogen-bond acceptors (Lipinski definition) is 4. The van der Waals surface area contributed by atoms with E-state index in [1.54, 1.807) is 4.90 Å². The maximum atomic E-state index is 13.3. The molecule has 6 aliphatic rings. The summed E-state index contributed by atoms with van der Waals surface area (Å²) < 4.78 is 5.44. The van der Waals surface area contributed by atoms with E-state index in [-0.39, 0.29) is 53.4 Å². The maximum absolute atomic E-state index is 13.3. The van der Waals surface area contributed by atoms with Gasteiger partial charge in [0.05, 0.1) is 18.4 Å². The lowest BCUT2D eigenvalue weighted by atomic mass is 9.63. The van der Waals surface area contributed by atoms with Crippen molar-refractivity contribution in [2.24, 2.45) is 41.4 Å². The molecule has 5 aliphatic carbocycles. The first-order valence-electron chi connectivity index (χ1n) is 12.2. The average molecular weight is 435 g/mol. The molecular weight excluding hydrogens is 404 g/mol. The molecule has 0 unspecified atom stereocenters. The molecular formula is C26H30N2O4. The van der Waals surface area contributed by atoms with E-state index in [0.29, 0.717) is 44.1 Å². The van der Waals surface area contributed by atoms with Crippen LogP contribution in [0.1, 0.15) is 39.0 Å². The van der Waals surface area contributed by atoms with Gasteiger partial charge >= 0.3 is 0 Å². The first kappa shape index (κ1) is 20.0. The molecule has 168 valence electrons. The van der Waals surface area contributed by atoms with E-state index in [1.165, 1.54) is 6.42 Å². The van der Waals surface area contributed by atoms with E-state index < -0.39 is 0 Å². The number of carbonyl (C=O) groups is 3. The number of ether oxygens (including phenoxy) is 1. The minimum Gasteiger partial charge on any atom is -0.494 e. The Morgan fingerprint density at radius 3 is 2.12 bits per heavy atom. The van der Waals surface area contributed by atoms with Gasteiger partial charge in [0.15, 0.2) is 0 Å². The molecule has 1 saturated heterocycles. The number of imide groups is 1. The van der Waals surface area contributed by atoms with Gasteiger partial charge in [-0.2, -0.15) is 0 Å². The highest BCUT2D eigenvalue weighted by Gasteiger charge is 2.67. The van der Waals surface area contributed by atoms with Gasteiger partial charge in [-0.1, -0.05) is 12.2 Å². The van der Waals surface area contributed by atoms with Gasteiger partial charge in [0, 0.05) is 17.6 Å². The lowest BCUT2D eigenvalue weighted by molar-refractivity contribution is -0.144. The topological polar surface area (TPSA) is 75.7 Å². The summed E-state index contributed by atoms with van der Waals surface area (Å²) in [6.45, 7) is 2.55. The number of anilines is 1. The van der Waals surface area contributed by atoms with Gasteiger partial charge < -0.3 is 10.1 Å². The Kier molecular flexibility index (Phi) is 4.67. The summed E-state index contributed by atoms with van der Waals surface area (Å²) >= 11 is 0. The highest BCUT2D eigenvalue weighted by atomic mass is 16.5. The van der Waals surface area contributed by atoms with Gasteiger partial charge in [0.25, 0.3) is 0 Å². The summed E-state index contributed by atoms with van der Waals surface area (Å²) in [4.78, 5) is 41.0. The van der Waals surface area contributed by atoms with Crippen LogP contribution in [0.25, 0.3) is 0 Å². The van der Waals surface area contributed by atoms with Crippen LogP contribution in [-0.4, -0.2) is 35.3 Å². The predicted octanol–water partition coefficient (Wildman–Crippen LogP) is 3.64. The normalized spacial score (nSPS) is 39.0. The smallest absolute Gasteiger partial charge is 0.233 e. The van der Waals surface area contributed by atoms with Crippen molar-refractivity contribution in [3.05, 3.63) is 36.4 Å². The fraction of sp³-hybridized carbons (Fsp3) is 0.577. The Morgan fingerprint density at radius 1 is 0.969 bits per heavy atom. The largest absolute Gasteiger partial charge is 0.494 e. The molecule has 3 saturated carbocycles. The molecule has 4 fully saturated rings. The molecule has 6 heteroatoms. The molecule has 1 aromatic rings. The average Bonchev–Trinajstić information content (AvgIpc) is 3.59. The molecule has 0 aromatic heterocycles. The van der Waals surface area contributed by atoms with Crippen molar-refractivity contribution in [2.75, 3.05) is 11.9 Å². The zero-order chi connectivity index (χ0) is 22.0. The van der Waals surface area contributed by atoms with Crippen molar-refractivity contribution in [3.63, 3.8) is 0 Å². The number of amides is 3. The van der Waals surface area contributed by atoms with Crippen LogP contribution in [0.2, 0.25) is 0 Å². The van der Waals surface area contributed by atoms with E-state index in [2.05, 4.69) is 17.5 Å². The Balaban J connectivity index is 1.07. The number of nitrogens with zero attached hydrogens (tertiary/aromatic N) is 1. The van der Waals surface area contributed by atoms with Crippen LogP contribution in [0, 0.1) is 41.4 Å². The SMILES string of the molecule is CCOc1ccc(NC(=O)C2CCC(N3C(=O)[C@@H]4[C@H]5C=C[C@@H]([C@@H]6C[C@H]56)[C@H]4C3=O)CC2)cc1. The summed E-state index contributed by atoms with van der Waals surface area (Å²) in [5, 5.41) is 3.00. The quantitative estimate of drug-likeness (QED) is 0.567. The predicted molar refractivity (Wildman–Crippen MR) is 119 cm³/mol. The Bertz CT molecular complexity index is 942. The molecule has 2 bridgehead atoms. The molecule has 32 heavy (non-hydrogen) atoms. The minimum atomic E-state index is -0.123. The molecule has 1 aliphatic heterocycles. The van der Waals surface area contributed by atoms with E-state index in [1.807, 2.05) is 31.2 Å². The van der Waals surface area contributed by atoms with Crippen LogP contribution in [0.4, 0.5) is 5.69 Å². The second-order valence-electron chi connectivity index (χ2n) is 10.2. The van der Waals surface area contributed by atoms with Crippen molar-refractivity contribution in [3.8, 4) is 5.75 Å². The standard InChI is InChI=1S/C26H30N2O4/c1-2-32-17-9-5-15(6-10-17)27-24(29)14-3-7-16(8-4-14)28-25(30)22-18-11-12-19(21-13-20(18)21)23(22)26(28)31/h5-6,9-12,14,16,18-23H,2-4,7-8,13H2,1H3,(H,27,29)/t14?,16?,18-,19-,20-,21+,22+,23+/m0/s1. The van der Waals surface area contributed by atoms with Gasteiger partial charge in [-0.25, -0.2) is 0 Å². The van der Waals surface area contributed by atoms with Crippen molar-refractivity contribution >= 4 is 23.4 Å². The van der Waals surface area contributed by atoms with Crippen LogP contribution in [-0.2, 0) is 14.4 Å². The molecule has 0 spiro atoms. The zero-order valence-electron chi connectivity index (χ0n) is 18.4. The third-order valence-electron chi connectivity index (χ3n) is 8.56. The van der Waals surface area contributed by atoms with Crippen molar-refractivity contribution < 1.29 is 19.1 Å². The Hall–Kier alpha value is -2.63. The van der Waals surface area contributed by atoms with Gasteiger partial charge in [-0.3, -0.25) is 19.3 Å². The van der Waals surface area contributed by atoms with Crippen LogP contribution < -0.4 is 10.1 Å². The first-order chi connectivity index (χ1) is 15.6. The fourth-order valence-corrected chi connectivity index (χ4v) is 6.98. The summed E-state index contributed by atoms with van der Waals surface area (Å²) in [6.07, 6.45) is 8.46.